The highest BCUT2D eigenvalue weighted by molar-refractivity contribution is 6.30. The third kappa shape index (κ3) is 2.24. The lowest BCUT2D eigenvalue weighted by Crippen LogP contribution is -2.19. The Morgan fingerprint density at radius 2 is 2.06 bits per heavy atom. The van der Waals surface area contributed by atoms with E-state index in [1.54, 1.807) is 12.1 Å². The highest BCUT2D eigenvalue weighted by Gasteiger charge is 2.26. The standard InChI is InChI=1S/C13H13ClN2O2/c1-13(2,12-4-3-5-15-12)9-6-10(14)8-11(7-9)16(17)18/h3-8,15H,1-2H3. The monoisotopic (exact) mass is 264 g/mol. The zero-order valence-corrected chi connectivity index (χ0v) is 10.9. The van der Waals surface area contributed by atoms with E-state index in [1.165, 1.54) is 6.07 Å². The van der Waals surface area contributed by atoms with Crippen molar-refractivity contribution in [2.24, 2.45) is 0 Å². The number of non-ortho nitro benzene ring substituents is 1. The SMILES string of the molecule is CC(C)(c1cc(Cl)cc([N+](=O)[O-])c1)c1ccc[nH]1. The summed E-state index contributed by atoms with van der Waals surface area (Å²) in [4.78, 5) is 13.6. The first-order chi connectivity index (χ1) is 8.41. The first-order valence-electron chi connectivity index (χ1n) is 5.50. The third-order valence-corrected chi connectivity index (χ3v) is 3.30. The van der Waals surface area contributed by atoms with Gasteiger partial charge in [0.1, 0.15) is 0 Å². The molecule has 0 aliphatic carbocycles. The van der Waals surface area contributed by atoms with Gasteiger partial charge < -0.3 is 4.98 Å². The summed E-state index contributed by atoms with van der Waals surface area (Å²) in [5.41, 5.74) is 1.44. The van der Waals surface area contributed by atoms with Gasteiger partial charge in [0.25, 0.3) is 5.69 Å². The lowest BCUT2D eigenvalue weighted by Gasteiger charge is -2.24. The fourth-order valence-corrected chi connectivity index (χ4v) is 2.14. The van der Waals surface area contributed by atoms with Crippen LogP contribution in [0.15, 0.2) is 36.5 Å². The van der Waals surface area contributed by atoms with Crippen LogP contribution in [0.2, 0.25) is 5.02 Å². The van der Waals surface area contributed by atoms with E-state index >= 15 is 0 Å². The maximum Gasteiger partial charge on any atom is 0.271 e. The molecule has 1 N–H and O–H groups in total. The summed E-state index contributed by atoms with van der Waals surface area (Å²) < 4.78 is 0. The molecule has 1 aromatic carbocycles. The van der Waals surface area contributed by atoms with Crippen molar-refractivity contribution in [3.63, 3.8) is 0 Å². The van der Waals surface area contributed by atoms with Crippen LogP contribution in [-0.4, -0.2) is 9.91 Å². The van der Waals surface area contributed by atoms with E-state index < -0.39 is 4.92 Å². The van der Waals surface area contributed by atoms with Crippen molar-refractivity contribution >= 4 is 17.3 Å². The molecule has 18 heavy (non-hydrogen) atoms. The molecule has 2 rings (SSSR count). The fraction of sp³-hybridized carbons (Fsp3) is 0.231. The second-order valence-electron chi connectivity index (χ2n) is 4.66. The summed E-state index contributed by atoms with van der Waals surface area (Å²) in [5, 5.41) is 11.2. The number of aromatic amines is 1. The molecule has 2 aromatic rings. The van der Waals surface area contributed by atoms with Gasteiger partial charge in [0.15, 0.2) is 0 Å². The van der Waals surface area contributed by atoms with Gasteiger partial charge in [-0.3, -0.25) is 10.1 Å². The van der Waals surface area contributed by atoms with Crippen molar-refractivity contribution < 1.29 is 4.92 Å². The van der Waals surface area contributed by atoms with E-state index in [4.69, 9.17) is 11.6 Å². The maximum atomic E-state index is 10.9. The van der Waals surface area contributed by atoms with Crippen LogP contribution in [0, 0.1) is 10.1 Å². The summed E-state index contributed by atoms with van der Waals surface area (Å²) >= 11 is 5.95. The smallest absolute Gasteiger partial charge is 0.271 e. The summed E-state index contributed by atoms with van der Waals surface area (Å²) in [7, 11) is 0. The number of hydrogen-bond acceptors (Lipinski definition) is 2. The molecule has 4 nitrogen and oxygen atoms in total. The average molecular weight is 265 g/mol. The Bertz CT molecular complexity index is 577. The van der Waals surface area contributed by atoms with E-state index in [0.29, 0.717) is 5.02 Å². The maximum absolute atomic E-state index is 10.9. The zero-order chi connectivity index (χ0) is 13.3. The van der Waals surface area contributed by atoms with Gasteiger partial charge in [0, 0.05) is 34.5 Å². The number of halogens is 1. The van der Waals surface area contributed by atoms with Crippen LogP contribution in [-0.2, 0) is 5.41 Å². The van der Waals surface area contributed by atoms with Gasteiger partial charge in [-0.25, -0.2) is 0 Å². The van der Waals surface area contributed by atoms with Gasteiger partial charge in [-0.05, 0) is 23.8 Å². The molecule has 0 fully saturated rings. The van der Waals surface area contributed by atoms with Crippen LogP contribution in [0.1, 0.15) is 25.1 Å². The van der Waals surface area contributed by atoms with Gasteiger partial charge in [-0.15, -0.1) is 0 Å². The minimum absolute atomic E-state index is 0.0112. The molecule has 0 atom stereocenters. The molecule has 94 valence electrons. The number of aromatic nitrogens is 1. The van der Waals surface area contributed by atoms with E-state index in [9.17, 15) is 10.1 Å². The summed E-state index contributed by atoms with van der Waals surface area (Å²) in [6.07, 6.45) is 1.83. The van der Waals surface area contributed by atoms with Gasteiger partial charge in [-0.2, -0.15) is 0 Å². The normalized spacial score (nSPS) is 11.5. The second kappa shape index (κ2) is 4.46. The second-order valence-corrected chi connectivity index (χ2v) is 5.10. The van der Waals surface area contributed by atoms with Crippen LogP contribution >= 0.6 is 11.6 Å². The van der Waals surface area contributed by atoms with E-state index in [1.807, 2.05) is 32.2 Å². The average Bonchev–Trinajstić information content (AvgIpc) is 2.82. The van der Waals surface area contributed by atoms with Crippen molar-refractivity contribution in [1.82, 2.24) is 4.98 Å². The van der Waals surface area contributed by atoms with Crippen molar-refractivity contribution in [2.45, 2.75) is 19.3 Å². The predicted octanol–water partition coefficient (Wildman–Crippen LogP) is 3.90. The molecule has 0 saturated carbocycles. The molecule has 0 saturated heterocycles. The molecule has 1 aromatic heterocycles. The number of nitro benzene ring substituents is 1. The van der Waals surface area contributed by atoms with Gasteiger partial charge >= 0.3 is 0 Å². The predicted molar refractivity (Wildman–Crippen MR) is 71.0 cm³/mol. The first-order valence-corrected chi connectivity index (χ1v) is 5.88. The molecule has 0 bridgehead atoms. The van der Waals surface area contributed by atoms with E-state index in [-0.39, 0.29) is 11.1 Å². The molecule has 0 amide bonds. The summed E-state index contributed by atoms with van der Waals surface area (Å²) in [6, 6.07) is 8.53. The molecule has 1 heterocycles. The summed E-state index contributed by atoms with van der Waals surface area (Å²) in [5.74, 6) is 0. The van der Waals surface area contributed by atoms with Gasteiger partial charge in [-0.1, -0.05) is 25.4 Å². The Hall–Kier alpha value is -1.81. The molecule has 0 unspecified atom stereocenters. The molecular formula is C13H13ClN2O2. The number of hydrogen-bond donors (Lipinski definition) is 1. The van der Waals surface area contributed by atoms with Crippen LogP contribution in [0.3, 0.4) is 0 Å². The van der Waals surface area contributed by atoms with E-state index in [0.717, 1.165) is 11.3 Å². The number of H-pyrrole nitrogens is 1. The van der Waals surface area contributed by atoms with Crippen molar-refractivity contribution in [3.05, 3.63) is 62.9 Å². The number of nitro groups is 1. The highest BCUT2D eigenvalue weighted by atomic mass is 35.5. The minimum Gasteiger partial charge on any atom is -0.364 e. The number of nitrogens with one attached hydrogen (secondary N) is 1. The lowest BCUT2D eigenvalue weighted by molar-refractivity contribution is -0.384. The Balaban J connectivity index is 2.54. The van der Waals surface area contributed by atoms with Crippen LogP contribution < -0.4 is 0 Å². The van der Waals surface area contributed by atoms with Crippen molar-refractivity contribution in [2.75, 3.05) is 0 Å². The Morgan fingerprint density at radius 3 is 2.61 bits per heavy atom. The van der Waals surface area contributed by atoms with Crippen LogP contribution in [0.4, 0.5) is 5.69 Å². The van der Waals surface area contributed by atoms with Crippen LogP contribution in [0.5, 0.6) is 0 Å². The van der Waals surface area contributed by atoms with E-state index in [2.05, 4.69) is 4.98 Å². The van der Waals surface area contributed by atoms with Crippen molar-refractivity contribution in [1.29, 1.82) is 0 Å². The Kier molecular flexibility index (Phi) is 3.13. The van der Waals surface area contributed by atoms with Gasteiger partial charge in [0.2, 0.25) is 0 Å². The minimum atomic E-state index is -0.430. The quantitative estimate of drug-likeness (QED) is 0.675. The Labute approximate surface area is 110 Å². The third-order valence-electron chi connectivity index (χ3n) is 3.09. The largest absolute Gasteiger partial charge is 0.364 e. The topological polar surface area (TPSA) is 58.9 Å². The number of benzene rings is 1. The Morgan fingerprint density at radius 1 is 1.33 bits per heavy atom. The fourth-order valence-electron chi connectivity index (χ4n) is 1.92. The lowest BCUT2D eigenvalue weighted by atomic mass is 9.81. The molecule has 5 heteroatoms. The van der Waals surface area contributed by atoms with Gasteiger partial charge in [0.05, 0.1) is 4.92 Å². The van der Waals surface area contributed by atoms with Crippen LogP contribution in [0.25, 0.3) is 0 Å². The highest BCUT2D eigenvalue weighted by Crippen LogP contribution is 2.34. The molecule has 0 radical (unpaired) electrons. The number of rotatable bonds is 3. The van der Waals surface area contributed by atoms with Crippen molar-refractivity contribution in [3.8, 4) is 0 Å². The first kappa shape index (κ1) is 12.6. The summed E-state index contributed by atoms with van der Waals surface area (Å²) in [6.45, 7) is 3.99. The molecule has 0 aliphatic heterocycles. The molecule has 0 aliphatic rings. The molecular weight excluding hydrogens is 252 g/mol. The number of nitrogens with zero attached hydrogens (tertiary/aromatic N) is 1. The zero-order valence-electron chi connectivity index (χ0n) is 10.1. The molecule has 0 spiro atoms.